The number of methoxy groups -OCH3 is 1. The fourth-order valence-corrected chi connectivity index (χ4v) is 4.08. The van der Waals surface area contributed by atoms with Crippen LogP contribution in [0.25, 0.3) is 0 Å². The fraction of sp³-hybridized carbons (Fsp3) is 0.958. The van der Waals surface area contributed by atoms with Gasteiger partial charge in [-0.15, -0.1) is 0 Å². The molecule has 0 bridgehead atoms. The minimum absolute atomic E-state index is 0.00457. The lowest BCUT2D eigenvalue weighted by Gasteiger charge is -2.37. The zero-order valence-electron chi connectivity index (χ0n) is 18.9. The van der Waals surface area contributed by atoms with Crippen molar-refractivity contribution in [1.29, 1.82) is 0 Å². The molecule has 1 rings (SSSR count). The highest BCUT2D eigenvalue weighted by Gasteiger charge is 2.42. The number of rotatable bonds is 20. The van der Waals surface area contributed by atoms with E-state index in [1.165, 1.54) is 77.0 Å². The molecule has 0 aromatic heterocycles. The van der Waals surface area contributed by atoms with Crippen molar-refractivity contribution in [2.75, 3.05) is 13.9 Å². The lowest BCUT2D eigenvalue weighted by Crippen LogP contribution is -2.47. The summed E-state index contributed by atoms with van der Waals surface area (Å²) in [4.78, 5) is 11.8. The standard InChI is InChI=1S/C24H46O4/c1-4-6-8-10-11-12-13-14-15-17-21(27-20-26-3)19-23-22(24(25)28-23)18-16-9-7-5-2/h21-23H,4-20H2,1-3H3. The Hall–Kier alpha value is -0.610. The quantitative estimate of drug-likeness (QED) is 0.128. The van der Waals surface area contributed by atoms with Crippen LogP contribution in [0.15, 0.2) is 0 Å². The van der Waals surface area contributed by atoms with Crippen LogP contribution in [0.3, 0.4) is 0 Å². The zero-order chi connectivity index (χ0) is 20.5. The molecule has 0 radical (unpaired) electrons. The van der Waals surface area contributed by atoms with Crippen LogP contribution in [0.1, 0.15) is 117 Å². The maximum Gasteiger partial charge on any atom is 0.313 e. The number of carbonyl (C=O) groups excluding carboxylic acids is 1. The highest BCUT2D eigenvalue weighted by Crippen LogP contribution is 2.32. The number of unbranched alkanes of at least 4 members (excludes halogenated alkanes) is 11. The van der Waals surface area contributed by atoms with Crippen LogP contribution in [0, 0.1) is 5.92 Å². The summed E-state index contributed by atoms with van der Waals surface area (Å²) >= 11 is 0. The van der Waals surface area contributed by atoms with Gasteiger partial charge in [0.2, 0.25) is 0 Å². The first-order chi connectivity index (χ1) is 13.7. The Bertz CT molecular complexity index is 372. The van der Waals surface area contributed by atoms with Gasteiger partial charge in [0.1, 0.15) is 12.9 Å². The summed E-state index contributed by atoms with van der Waals surface area (Å²) in [6, 6.07) is 0. The molecule has 4 nitrogen and oxygen atoms in total. The highest BCUT2D eigenvalue weighted by atomic mass is 16.7. The van der Waals surface area contributed by atoms with Crippen molar-refractivity contribution in [3.8, 4) is 0 Å². The van der Waals surface area contributed by atoms with E-state index in [1.54, 1.807) is 7.11 Å². The molecule has 0 saturated carbocycles. The largest absolute Gasteiger partial charge is 0.461 e. The molecule has 1 heterocycles. The molecule has 3 atom stereocenters. The average molecular weight is 399 g/mol. The van der Waals surface area contributed by atoms with Crippen molar-refractivity contribution in [1.82, 2.24) is 0 Å². The van der Waals surface area contributed by atoms with Gasteiger partial charge in [-0.2, -0.15) is 0 Å². The molecule has 0 amide bonds. The number of hydrogen-bond donors (Lipinski definition) is 0. The predicted octanol–water partition coefficient (Wildman–Crippen LogP) is 6.80. The van der Waals surface area contributed by atoms with E-state index >= 15 is 0 Å². The van der Waals surface area contributed by atoms with Gasteiger partial charge in [0.05, 0.1) is 12.0 Å². The average Bonchev–Trinajstić information content (AvgIpc) is 2.69. The van der Waals surface area contributed by atoms with Gasteiger partial charge in [-0.3, -0.25) is 4.79 Å². The topological polar surface area (TPSA) is 44.8 Å². The molecule has 1 aliphatic rings. The Labute approximate surface area is 174 Å². The molecule has 0 N–H and O–H groups in total. The summed E-state index contributed by atoms with van der Waals surface area (Å²) in [5.41, 5.74) is 0. The van der Waals surface area contributed by atoms with Crippen molar-refractivity contribution >= 4 is 5.97 Å². The number of esters is 1. The fourth-order valence-electron chi connectivity index (χ4n) is 4.08. The highest BCUT2D eigenvalue weighted by molar-refractivity contribution is 5.78. The summed E-state index contributed by atoms with van der Waals surface area (Å²) in [5, 5.41) is 0. The van der Waals surface area contributed by atoms with Gasteiger partial charge < -0.3 is 14.2 Å². The van der Waals surface area contributed by atoms with E-state index in [4.69, 9.17) is 14.2 Å². The molecule has 0 aromatic rings. The number of carbonyl (C=O) groups is 1. The van der Waals surface area contributed by atoms with Crippen LogP contribution in [0.2, 0.25) is 0 Å². The Morgan fingerprint density at radius 3 is 2.00 bits per heavy atom. The van der Waals surface area contributed by atoms with Crippen LogP contribution in [-0.2, 0) is 19.0 Å². The normalized spacial score (nSPS) is 20.0. The van der Waals surface area contributed by atoms with Crippen LogP contribution in [0.5, 0.6) is 0 Å². The number of hydrogen-bond acceptors (Lipinski definition) is 4. The van der Waals surface area contributed by atoms with E-state index in [2.05, 4.69) is 13.8 Å². The Morgan fingerprint density at radius 2 is 1.43 bits per heavy atom. The van der Waals surface area contributed by atoms with Gasteiger partial charge in [0, 0.05) is 13.5 Å². The third-order valence-electron chi connectivity index (χ3n) is 5.93. The van der Waals surface area contributed by atoms with Crippen molar-refractivity contribution in [2.45, 2.75) is 129 Å². The van der Waals surface area contributed by atoms with Gasteiger partial charge in [-0.25, -0.2) is 0 Å². The maximum atomic E-state index is 11.8. The summed E-state index contributed by atoms with van der Waals surface area (Å²) in [7, 11) is 1.66. The van der Waals surface area contributed by atoms with E-state index in [0.717, 1.165) is 25.7 Å². The van der Waals surface area contributed by atoms with Crippen molar-refractivity contribution in [3.63, 3.8) is 0 Å². The van der Waals surface area contributed by atoms with E-state index in [-0.39, 0.29) is 24.1 Å². The second-order valence-corrected chi connectivity index (χ2v) is 8.48. The maximum absolute atomic E-state index is 11.8. The summed E-state index contributed by atoms with van der Waals surface area (Å²) in [6.45, 7) is 4.80. The van der Waals surface area contributed by atoms with E-state index in [1.807, 2.05) is 0 Å². The first-order valence-electron chi connectivity index (χ1n) is 12.0. The predicted molar refractivity (Wildman–Crippen MR) is 115 cm³/mol. The molecular formula is C24H46O4. The SMILES string of the molecule is CCCCCCCCCCCC(CC1OC(=O)C1CCCCCC)OCOC. The first kappa shape index (κ1) is 25.4. The van der Waals surface area contributed by atoms with E-state index in [0.29, 0.717) is 6.79 Å². The Kier molecular flexibility index (Phi) is 15.7. The minimum atomic E-state index is -0.00457. The molecule has 1 aliphatic heterocycles. The van der Waals surface area contributed by atoms with E-state index < -0.39 is 0 Å². The summed E-state index contributed by atoms with van der Waals surface area (Å²) < 4.78 is 16.4. The lowest BCUT2D eigenvalue weighted by atomic mass is 9.86. The molecule has 1 saturated heterocycles. The molecule has 166 valence electrons. The molecule has 1 fully saturated rings. The number of ether oxygens (including phenoxy) is 3. The van der Waals surface area contributed by atoms with Crippen LogP contribution in [0.4, 0.5) is 0 Å². The minimum Gasteiger partial charge on any atom is -0.461 e. The van der Waals surface area contributed by atoms with Crippen molar-refractivity contribution in [3.05, 3.63) is 0 Å². The molecule has 0 aromatic carbocycles. The van der Waals surface area contributed by atoms with Gasteiger partial charge in [0.25, 0.3) is 0 Å². The molecule has 3 unspecified atom stereocenters. The Balaban J connectivity index is 2.19. The van der Waals surface area contributed by atoms with Crippen LogP contribution >= 0.6 is 0 Å². The monoisotopic (exact) mass is 398 g/mol. The van der Waals surface area contributed by atoms with Crippen LogP contribution in [-0.4, -0.2) is 32.1 Å². The zero-order valence-corrected chi connectivity index (χ0v) is 18.9. The lowest BCUT2D eigenvalue weighted by molar-refractivity contribution is -0.191. The third kappa shape index (κ3) is 11.4. The molecule has 0 spiro atoms. The smallest absolute Gasteiger partial charge is 0.313 e. The third-order valence-corrected chi connectivity index (χ3v) is 5.93. The van der Waals surface area contributed by atoms with Gasteiger partial charge in [-0.05, 0) is 12.8 Å². The van der Waals surface area contributed by atoms with Crippen molar-refractivity contribution < 1.29 is 19.0 Å². The van der Waals surface area contributed by atoms with Gasteiger partial charge >= 0.3 is 5.97 Å². The molecule has 28 heavy (non-hydrogen) atoms. The summed E-state index contributed by atoms with van der Waals surface area (Å²) in [6.07, 6.45) is 19.8. The summed E-state index contributed by atoms with van der Waals surface area (Å²) in [5.74, 6) is 0.0867. The van der Waals surface area contributed by atoms with Crippen molar-refractivity contribution in [2.24, 2.45) is 5.92 Å². The first-order valence-corrected chi connectivity index (χ1v) is 12.0. The number of cyclic esters (lactones) is 1. The molecule has 4 heteroatoms. The molecular weight excluding hydrogens is 352 g/mol. The molecule has 0 aliphatic carbocycles. The van der Waals surface area contributed by atoms with E-state index in [9.17, 15) is 4.79 Å². The second-order valence-electron chi connectivity index (χ2n) is 8.48. The van der Waals surface area contributed by atoms with Gasteiger partial charge in [-0.1, -0.05) is 97.3 Å². The van der Waals surface area contributed by atoms with Gasteiger partial charge in [0.15, 0.2) is 0 Å². The second kappa shape index (κ2) is 17.3. The van der Waals surface area contributed by atoms with Crippen LogP contribution < -0.4 is 0 Å². The Morgan fingerprint density at radius 1 is 0.857 bits per heavy atom.